The lowest BCUT2D eigenvalue weighted by Gasteiger charge is -2.15. The Morgan fingerprint density at radius 1 is 1.00 bits per heavy atom. The number of thiazole rings is 1. The SMILES string of the molecule is CCC(NCCS(=O)(=O)c1ccccn1)c1nc(-c2cc3c(Nc4ccc(OCc5cccc(F)c5)c(Cl)c4)ncnc3cc2OC)cs1. The molecule has 6 aromatic rings. The Bertz CT molecular complexity index is 2190. The van der Waals surface area contributed by atoms with E-state index in [4.69, 9.17) is 26.1 Å². The van der Waals surface area contributed by atoms with E-state index < -0.39 is 9.84 Å². The summed E-state index contributed by atoms with van der Waals surface area (Å²) < 4.78 is 50.5. The number of sulfone groups is 1. The summed E-state index contributed by atoms with van der Waals surface area (Å²) in [5.41, 5.74) is 3.49. The third kappa shape index (κ3) is 8.14. The first-order valence-corrected chi connectivity index (χ1v) is 18.2. The molecule has 3 aromatic heterocycles. The van der Waals surface area contributed by atoms with Crippen molar-refractivity contribution in [1.82, 2.24) is 25.3 Å². The summed E-state index contributed by atoms with van der Waals surface area (Å²) in [4.78, 5) is 17.9. The highest BCUT2D eigenvalue weighted by Gasteiger charge is 2.20. The smallest absolute Gasteiger partial charge is 0.196 e. The number of hydrogen-bond acceptors (Lipinski definition) is 11. The molecule has 49 heavy (non-hydrogen) atoms. The van der Waals surface area contributed by atoms with E-state index in [-0.39, 0.29) is 35.8 Å². The van der Waals surface area contributed by atoms with Gasteiger partial charge in [-0.3, -0.25) is 0 Å². The summed E-state index contributed by atoms with van der Waals surface area (Å²) in [5, 5.41) is 10.6. The highest BCUT2D eigenvalue weighted by Crippen LogP contribution is 2.38. The summed E-state index contributed by atoms with van der Waals surface area (Å²) in [6, 6.07) is 20.0. The molecule has 0 bridgehead atoms. The second-order valence-corrected chi connectivity index (χ2v) is 14.3. The van der Waals surface area contributed by atoms with Crippen molar-refractivity contribution in [3.05, 3.63) is 112 Å². The van der Waals surface area contributed by atoms with Crippen LogP contribution in [0.3, 0.4) is 0 Å². The number of methoxy groups -OCH3 is 1. The van der Waals surface area contributed by atoms with Gasteiger partial charge in [0.25, 0.3) is 0 Å². The van der Waals surface area contributed by atoms with Crippen LogP contribution in [0, 0.1) is 5.82 Å². The van der Waals surface area contributed by atoms with Crippen LogP contribution in [-0.2, 0) is 16.4 Å². The molecule has 3 heterocycles. The molecule has 0 amide bonds. The summed E-state index contributed by atoms with van der Waals surface area (Å²) >= 11 is 8.03. The number of aromatic nitrogens is 4. The predicted octanol–water partition coefficient (Wildman–Crippen LogP) is 7.79. The van der Waals surface area contributed by atoms with Crippen molar-refractivity contribution in [2.24, 2.45) is 0 Å². The van der Waals surface area contributed by atoms with Crippen molar-refractivity contribution < 1.29 is 22.3 Å². The van der Waals surface area contributed by atoms with Crippen molar-refractivity contribution in [2.45, 2.75) is 31.0 Å². The van der Waals surface area contributed by atoms with Gasteiger partial charge in [-0.25, -0.2) is 32.7 Å². The summed E-state index contributed by atoms with van der Waals surface area (Å²) in [7, 11) is -1.92. The van der Waals surface area contributed by atoms with Gasteiger partial charge in [0, 0.05) is 40.8 Å². The lowest BCUT2D eigenvalue weighted by atomic mass is 10.1. The van der Waals surface area contributed by atoms with Crippen molar-refractivity contribution in [2.75, 3.05) is 24.7 Å². The van der Waals surface area contributed by atoms with Crippen molar-refractivity contribution in [1.29, 1.82) is 0 Å². The third-order valence-corrected chi connectivity index (χ3v) is 10.5. The van der Waals surface area contributed by atoms with Gasteiger partial charge in [0.15, 0.2) is 14.9 Å². The average molecular weight is 719 g/mol. The monoisotopic (exact) mass is 718 g/mol. The molecule has 6 rings (SSSR count). The number of halogens is 2. The van der Waals surface area contributed by atoms with Gasteiger partial charge >= 0.3 is 0 Å². The normalized spacial score (nSPS) is 12.2. The van der Waals surface area contributed by atoms with Crippen molar-refractivity contribution in [3.8, 4) is 22.8 Å². The number of pyridine rings is 1. The predicted molar refractivity (Wildman–Crippen MR) is 190 cm³/mol. The number of rotatable bonds is 14. The second-order valence-electron chi connectivity index (χ2n) is 11.0. The van der Waals surface area contributed by atoms with E-state index >= 15 is 0 Å². The molecule has 0 aliphatic rings. The molecule has 0 saturated carbocycles. The van der Waals surface area contributed by atoms with E-state index in [9.17, 15) is 12.8 Å². The first-order chi connectivity index (χ1) is 23.7. The topological polar surface area (TPSA) is 128 Å². The lowest BCUT2D eigenvalue weighted by Crippen LogP contribution is -2.27. The number of fused-ring (bicyclic) bond motifs is 1. The van der Waals surface area contributed by atoms with E-state index in [1.807, 2.05) is 30.5 Å². The number of hydrogen-bond donors (Lipinski definition) is 2. The average Bonchev–Trinajstić information content (AvgIpc) is 3.60. The molecule has 3 aromatic carbocycles. The summed E-state index contributed by atoms with van der Waals surface area (Å²) in [6.45, 7) is 2.45. The van der Waals surface area contributed by atoms with Crippen molar-refractivity contribution in [3.63, 3.8) is 0 Å². The fraction of sp³-hybridized carbons (Fsp3) is 0.200. The number of anilines is 2. The van der Waals surface area contributed by atoms with Gasteiger partial charge < -0.3 is 20.1 Å². The van der Waals surface area contributed by atoms with Crippen LogP contribution in [0.2, 0.25) is 5.02 Å². The Balaban J connectivity index is 1.19. The van der Waals surface area contributed by atoms with Gasteiger partial charge in [0.2, 0.25) is 0 Å². The molecule has 0 fully saturated rings. The maximum atomic E-state index is 13.5. The molecular formula is C35H32ClFN6O4S2. The highest BCUT2D eigenvalue weighted by molar-refractivity contribution is 7.91. The number of nitrogens with zero attached hydrogens (tertiary/aromatic N) is 4. The van der Waals surface area contributed by atoms with Gasteiger partial charge in [0.05, 0.1) is 35.1 Å². The largest absolute Gasteiger partial charge is 0.496 e. The number of ether oxygens (including phenoxy) is 2. The molecule has 0 aliphatic heterocycles. The highest BCUT2D eigenvalue weighted by atomic mass is 35.5. The Hall–Kier alpha value is -4.69. The Kier molecular flexibility index (Phi) is 10.6. The minimum Gasteiger partial charge on any atom is -0.496 e. The van der Waals surface area contributed by atoms with Gasteiger partial charge in [-0.05, 0) is 60.5 Å². The van der Waals surface area contributed by atoms with Crippen LogP contribution in [-0.4, -0.2) is 47.8 Å². The van der Waals surface area contributed by atoms with Gasteiger partial charge in [-0.15, -0.1) is 11.3 Å². The van der Waals surface area contributed by atoms with Gasteiger partial charge in [-0.1, -0.05) is 36.7 Å². The quantitative estimate of drug-likeness (QED) is 0.115. The maximum absolute atomic E-state index is 13.5. The van der Waals surface area contributed by atoms with E-state index in [1.54, 1.807) is 43.5 Å². The summed E-state index contributed by atoms with van der Waals surface area (Å²) in [6.07, 6.45) is 3.65. The zero-order chi connectivity index (χ0) is 34.4. The Morgan fingerprint density at radius 3 is 2.63 bits per heavy atom. The molecule has 1 atom stereocenters. The molecule has 252 valence electrons. The number of nitrogens with one attached hydrogen (secondary N) is 2. The summed E-state index contributed by atoms with van der Waals surface area (Å²) in [5.74, 6) is 1.20. The van der Waals surface area contributed by atoms with Gasteiger partial charge in [0.1, 0.15) is 41.1 Å². The Labute approximate surface area is 292 Å². The molecule has 0 radical (unpaired) electrons. The maximum Gasteiger partial charge on any atom is 0.196 e. The van der Waals surface area contributed by atoms with Gasteiger partial charge in [-0.2, -0.15) is 0 Å². The second kappa shape index (κ2) is 15.2. The van der Waals surface area contributed by atoms with Crippen LogP contribution in [0.5, 0.6) is 11.5 Å². The molecule has 2 N–H and O–H groups in total. The first-order valence-electron chi connectivity index (χ1n) is 15.3. The van der Waals surface area contributed by atoms with E-state index in [2.05, 4.69) is 25.6 Å². The molecule has 0 spiro atoms. The molecule has 14 heteroatoms. The van der Waals surface area contributed by atoms with Crippen LogP contribution in [0.15, 0.2) is 95.7 Å². The molecule has 0 saturated heterocycles. The van der Waals surface area contributed by atoms with E-state index in [1.165, 1.54) is 42.1 Å². The van der Waals surface area contributed by atoms with Crippen LogP contribution in [0.4, 0.5) is 15.9 Å². The van der Waals surface area contributed by atoms with Crippen LogP contribution in [0.25, 0.3) is 22.2 Å². The minimum absolute atomic E-state index is 0.0643. The fourth-order valence-electron chi connectivity index (χ4n) is 5.15. The zero-order valence-electron chi connectivity index (χ0n) is 26.6. The van der Waals surface area contributed by atoms with Crippen LogP contribution >= 0.6 is 22.9 Å². The molecule has 1 unspecified atom stereocenters. The van der Waals surface area contributed by atoms with Crippen LogP contribution in [0.1, 0.15) is 30.0 Å². The molecule has 0 aliphatic carbocycles. The standard InChI is InChI=1S/C35H32ClFN6O4S2/c1-3-28(38-13-14-49(44,45)33-9-4-5-12-39-33)35-43-30(20-48-35)25-17-26-29(18-32(25)46-2)40-21-41-34(26)42-24-10-11-31(27(36)16-24)47-19-22-7-6-8-23(37)15-22/h4-12,15-18,20-21,28,38H,3,13-14,19H2,1-2H3,(H,40,41,42). The zero-order valence-corrected chi connectivity index (χ0v) is 28.9. The first kappa shape index (κ1) is 34.2. The lowest BCUT2D eigenvalue weighted by molar-refractivity contribution is 0.306. The molecular weight excluding hydrogens is 687 g/mol. The molecule has 10 nitrogen and oxygen atoms in total. The van der Waals surface area contributed by atoms with E-state index in [0.29, 0.717) is 51.2 Å². The van der Waals surface area contributed by atoms with Crippen molar-refractivity contribution >= 4 is 55.2 Å². The number of benzene rings is 3. The van der Waals surface area contributed by atoms with E-state index in [0.717, 1.165) is 16.0 Å². The van der Waals surface area contributed by atoms with Crippen LogP contribution < -0.4 is 20.1 Å². The fourth-order valence-corrected chi connectivity index (χ4v) is 7.47. The minimum atomic E-state index is -3.51. The Morgan fingerprint density at radius 2 is 1.88 bits per heavy atom. The third-order valence-electron chi connectivity index (χ3n) is 7.66.